The first kappa shape index (κ1) is 19.6. The number of nitrogens with zero attached hydrogens (tertiary/aromatic N) is 2. The Morgan fingerprint density at radius 1 is 0.964 bits per heavy atom. The predicted molar refractivity (Wildman–Crippen MR) is 107 cm³/mol. The van der Waals surface area contributed by atoms with E-state index in [1.807, 2.05) is 32.9 Å². The van der Waals surface area contributed by atoms with Crippen LogP contribution >= 0.6 is 0 Å². The average Bonchev–Trinajstić information content (AvgIpc) is 2.99. The van der Waals surface area contributed by atoms with Crippen molar-refractivity contribution in [3.05, 3.63) is 82.0 Å². The molecule has 0 saturated heterocycles. The lowest BCUT2D eigenvalue weighted by Crippen LogP contribution is -2.32. The minimum Gasteiger partial charge on any atom is -0.324 e. The number of benzene rings is 2. The van der Waals surface area contributed by atoms with Crippen molar-refractivity contribution in [2.75, 3.05) is 5.32 Å². The van der Waals surface area contributed by atoms with Gasteiger partial charge in [-0.15, -0.1) is 0 Å². The van der Waals surface area contributed by atoms with Gasteiger partial charge in [0.25, 0.3) is 10.0 Å². The van der Waals surface area contributed by atoms with Crippen molar-refractivity contribution in [2.24, 2.45) is 0 Å². The van der Waals surface area contributed by atoms with Gasteiger partial charge in [0.05, 0.1) is 4.90 Å². The molecule has 1 aromatic heterocycles. The molecule has 7 nitrogen and oxygen atoms in total. The Morgan fingerprint density at radius 3 is 2.25 bits per heavy atom. The number of anilines is 1. The summed E-state index contributed by atoms with van der Waals surface area (Å²) < 4.78 is 27.1. The summed E-state index contributed by atoms with van der Waals surface area (Å²) >= 11 is 0. The van der Waals surface area contributed by atoms with Crippen LogP contribution in [0.4, 0.5) is 5.69 Å². The lowest BCUT2D eigenvalue weighted by atomic mass is 10.1. The molecule has 3 aromatic rings. The molecule has 1 heterocycles. The van der Waals surface area contributed by atoms with E-state index in [-0.39, 0.29) is 11.4 Å². The first-order valence-electron chi connectivity index (χ1n) is 8.65. The summed E-state index contributed by atoms with van der Waals surface area (Å²) in [5.74, 6) is -0.417. The number of nitrogens with one attached hydrogen (secondary N) is 1. The van der Waals surface area contributed by atoms with Gasteiger partial charge in [-0.05, 0) is 44.5 Å². The Kier molecular flexibility index (Phi) is 5.24. The van der Waals surface area contributed by atoms with Crippen molar-refractivity contribution < 1.29 is 13.2 Å². The van der Waals surface area contributed by atoms with E-state index in [4.69, 9.17) is 0 Å². The highest BCUT2D eigenvalue weighted by Gasteiger charge is 2.21. The summed E-state index contributed by atoms with van der Waals surface area (Å²) in [6, 6.07) is 11.8. The molecule has 1 N–H and O–H groups in total. The molecule has 1 amide bonds. The molecule has 0 aliphatic carbocycles. The standard InChI is InChI=1S/C20H21N3O4S/c1-14-4-7-17(8-5-14)28(26,27)23-11-10-22(20(23)25)13-19(24)21-18-9-6-15(2)12-16(18)3/h4-12H,13H2,1-3H3,(H,21,24). The summed E-state index contributed by atoms with van der Waals surface area (Å²) in [5.41, 5.74) is 2.74. The quantitative estimate of drug-likeness (QED) is 0.714. The molecule has 0 atom stereocenters. The summed E-state index contributed by atoms with van der Waals surface area (Å²) in [4.78, 5) is 24.8. The maximum absolute atomic E-state index is 12.7. The van der Waals surface area contributed by atoms with Crippen LogP contribution in [0.2, 0.25) is 0 Å². The molecular weight excluding hydrogens is 378 g/mol. The van der Waals surface area contributed by atoms with Gasteiger partial charge >= 0.3 is 5.69 Å². The fraction of sp³-hybridized carbons (Fsp3) is 0.200. The van der Waals surface area contributed by atoms with Crippen molar-refractivity contribution in [3.63, 3.8) is 0 Å². The highest BCUT2D eigenvalue weighted by Crippen LogP contribution is 2.16. The smallest absolute Gasteiger partial charge is 0.324 e. The third kappa shape index (κ3) is 3.91. The number of aryl methyl sites for hydroxylation is 3. The van der Waals surface area contributed by atoms with Gasteiger partial charge in [-0.2, -0.15) is 3.97 Å². The molecule has 0 aliphatic rings. The van der Waals surface area contributed by atoms with Crippen LogP contribution in [0.25, 0.3) is 0 Å². The molecule has 0 radical (unpaired) electrons. The SMILES string of the molecule is Cc1ccc(S(=O)(=O)n2ccn(CC(=O)Nc3ccc(C)cc3C)c2=O)cc1. The van der Waals surface area contributed by atoms with Gasteiger partial charge in [0.2, 0.25) is 5.91 Å². The minimum absolute atomic E-state index is 0.0117. The number of hydrogen-bond donors (Lipinski definition) is 1. The fourth-order valence-corrected chi connectivity index (χ4v) is 4.05. The maximum Gasteiger partial charge on any atom is 0.342 e. The zero-order valence-electron chi connectivity index (χ0n) is 15.8. The zero-order chi connectivity index (χ0) is 20.5. The van der Waals surface area contributed by atoms with Crippen molar-refractivity contribution >= 4 is 21.6 Å². The highest BCUT2D eigenvalue weighted by molar-refractivity contribution is 7.90. The monoisotopic (exact) mass is 399 g/mol. The normalized spacial score (nSPS) is 11.4. The van der Waals surface area contributed by atoms with Crippen LogP contribution in [0.1, 0.15) is 16.7 Å². The number of imidazole rings is 1. The van der Waals surface area contributed by atoms with Crippen molar-refractivity contribution in [3.8, 4) is 0 Å². The molecule has 146 valence electrons. The summed E-state index contributed by atoms with van der Waals surface area (Å²) in [7, 11) is -4.02. The molecule has 0 aliphatic heterocycles. The van der Waals surface area contributed by atoms with Crippen LogP contribution in [0.5, 0.6) is 0 Å². The van der Waals surface area contributed by atoms with Gasteiger partial charge in [-0.3, -0.25) is 9.36 Å². The fourth-order valence-electron chi connectivity index (χ4n) is 2.82. The van der Waals surface area contributed by atoms with Gasteiger partial charge < -0.3 is 5.32 Å². The van der Waals surface area contributed by atoms with E-state index in [9.17, 15) is 18.0 Å². The number of hydrogen-bond acceptors (Lipinski definition) is 4. The lowest BCUT2D eigenvalue weighted by molar-refractivity contribution is -0.116. The third-order valence-corrected chi connectivity index (χ3v) is 6.03. The number of carbonyl (C=O) groups is 1. The second-order valence-electron chi connectivity index (χ2n) is 6.69. The van der Waals surface area contributed by atoms with Gasteiger partial charge in [0, 0.05) is 18.1 Å². The molecule has 0 unspecified atom stereocenters. The second kappa shape index (κ2) is 7.47. The van der Waals surface area contributed by atoms with Crippen LogP contribution in [0, 0.1) is 20.8 Å². The second-order valence-corrected chi connectivity index (χ2v) is 8.50. The molecule has 0 fully saturated rings. The molecular formula is C20H21N3O4S. The molecule has 0 saturated carbocycles. The van der Waals surface area contributed by atoms with Crippen LogP contribution < -0.4 is 11.0 Å². The minimum atomic E-state index is -4.02. The average molecular weight is 399 g/mol. The Labute approximate surface area is 163 Å². The van der Waals surface area contributed by atoms with Crippen LogP contribution in [-0.2, 0) is 21.4 Å². The van der Waals surface area contributed by atoms with E-state index in [2.05, 4.69) is 5.32 Å². The molecule has 2 aromatic carbocycles. The number of rotatable bonds is 5. The Balaban J connectivity index is 1.82. The summed E-state index contributed by atoms with van der Waals surface area (Å²) in [6.45, 7) is 5.38. The highest BCUT2D eigenvalue weighted by atomic mass is 32.2. The van der Waals surface area contributed by atoms with Crippen molar-refractivity contribution in [1.82, 2.24) is 8.54 Å². The van der Waals surface area contributed by atoms with E-state index >= 15 is 0 Å². The first-order valence-corrected chi connectivity index (χ1v) is 10.1. The molecule has 3 rings (SSSR count). The van der Waals surface area contributed by atoms with E-state index < -0.39 is 21.6 Å². The first-order chi connectivity index (χ1) is 13.2. The van der Waals surface area contributed by atoms with Gasteiger partial charge in [-0.1, -0.05) is 35.4 Å². The van der Waals surface area contributed by atoms with E-state index in [1.54, 1.807) is 18.2 Å². The third-order valence-electron chi connectivity index (χ3n) is 4.36. The number of aromatic nitrogens is 2. The van der Waals surface area contributed by atoms with Crippen LogP contribution in [0.15, 0.2) is 64.5 Å². The van der Waals surface area contributed by atoms with E-state index in [0.717, 1.165) is 27.5 Å². The van der Waals surface area contributed by atoms with Gasteiger partial charge in [0.15, 0.2) is 0 Å². The number of amides is 1. The number of carbonyl (C=O) groups excluding carboxylic acids is 1. The van der Waals surface area contributed by atoms with Crippen LogP contribution in [-0.4, -0.2) is 22.9 Å². The molecule has 0 bridgehead atoms. The Hall–Kier alpha value is -3.13. The Morgan fingerprint density at radius 2 is 1.61 bits per heavy atom. The topological polar surface area (TPSA) is 90.2 Å². The van der Waals surface area contributed by atoms with Gasteiger partial charge in [0.1, 0.15) is 6.54 Å². The molecule has 0 spiro atoms. The van der Waals surface area contributed by atoms with Crippen molar-refractivity contribution in [1.29, 1.82) is 0 Å². The van der Waals surface area contributed by atoms with Gasteiger partial charge in [-0.25, -0.2) is 13.2 Å². The van der Waals surface area contributed by atoms with E-state index in [1.165, 1.54) is 18.3 Å². The maximum atomic E-state index is 12.7. The summed E-state index contributed by atoms with van der Waals surface area (Å²) in [5, 5.41) is 2.74. The Bertz CT molecular complexity index is 1190. The lowest BCUT2D eigenvalue weighted by Gasteiger charge is -2.09. The van der Waals surface area contributed by atoms with Crippen molar-refractivity contribution in [2.45, 2.75) is 32.2 Å². The largest absolute Gasteiger partial charge is 0.342 e. The van der Waals surface area contributed by atoms with Crippen LogP contribution in [0.3, 0.4) is 0 Å². The molecule has 28 heavy (non-hydrogen) atoms. The molecule has 8 heteroatoms. The predicted octanol–water partition coefficient (Wildman–Crippen LogP) is 2.45. The summed E-state index contributed by atoms with van der Waals surface area (Å²) in [6.07, 6.45) is 2.44. The van der Waals surface area contributed by atoms with E-state index in [0.29, 0.717) is 9.66 Å². The zero-order valence-corrected chi connectivity index (χ0v) is 16.7.